The molecule has 0 saturated heterocycles. The summed E-state index contributed by atoms with van der Waals surface area (Å²) >= 11 is 1.29. The summed E-state index contributed by atoms with van der Waals surface area (Å²) in [7, 11) is 1.61. The lowest BCUT2D eigenvalue weighted by Gasteiger charge is -2.06. The van der Waals surface area contributed by atoms with E-state index < -0.39 is 0 Å². The van der Waals surface area contributed by atoms with Crippen molar-refractivity contribution < 1.29 is 14.1 Å². The van der Waals surface area contributed by atoms with Crippen molar-refractivity contribution in [2.75, 3.05) is 12.9 Å². The zero-order chi connectivity index (χ0) is 21.3. The van der Waals surface area contributed by atoms with Crippen molar-refractivity contribution in [3.63, 3.8) is 0 Å². The van der Waals surface area contributed by atoms with E-state index in [1.165, 1.54) is 11.8 Å². The number of nitrogens with zero attached hydrogens (tertiary/aromatic N) is 6. The predicted molar refractivity (Wildman–Crippen MR) is 111 cm³/mol. The molecule has 0 bridgehead atoms. The molecule has 0 aliphatic heterocycles. The lowest BCUT2D eigenvalue weighted by atomic mass is 10.2. The van der Waals surface area contributed by atoms with E-state index in [-0.39, 0.29) is 11.5 Å². The first kappa shape index (κ1) is 19.9. The van der Waals surface area contributed by atoms with Crippen LogP contribution >= 0.6 is 11.8 Å². The number of carbonyl (C=O) groups is 1. The average molecular weight is 424 g/mol. The summed E-state index contributed by atoms with van der Waals surface area (Å²) in [5.41, 5.74) is 3.16. The van der Waals surface area contributed by atoms with Crippen LogP contribution in [0.4, 0.5) is 0 Å². The molecule has 3 aromatic heterocycles. The van der Waals surface area contributed by atoms with Crippen LogP contribution in [-0.4, -0.2) is 48.6 Å². The highest BCUT2D eigenvalue weighted by Gasteiger charge is 2.20. The third-order valence-electron chi connectivity index (χ3n) is 4.67. The van der Waals surface area contributed by atoms with Gasteiger partial charge in [-0.3, -0.25) is 9.36 Å². The summed E-state index contributed by atoms with van der Waals surface area (Å²) in [6.45, 7) is 5.67. The minimum atomic E-state index is -0.0103. The Labute approximate surface area is 177 Å². The van der Waals surface area contributed by atoms with E-state index in [0.29, 0.717) is 22.3 Å². The molecule has 0 N–H and O–H groups in total. The Bertz CT molecular complexity index is 1190. The molecule has 4 aromatic rings. The minimum Gasteiger partial charge on any atom is -0.497 e. The van der Waals surface area contributed by atoms with E-state index in [0.717, 1.165) is 22.8 Å². The van der Waals surface area contributed by atoms with Gasteiger partial charge in [-0.2, -0.15) is 4.68 Å². The van der Waals surface area contributed by atoms with Crippen LogP contribution in [0.5, 0.6) is 5.75 Å². The van der Waals surface area contributed by atoms with Crippen LogP contribution < -0.4 is 4.74 Å². The molecule has 0 atom stereocenters. The largest absolute Gasteiger partial charge is 0.497 e. The maximum absolute atomic E-state index is 12.9. The van der Waals surface area contributed by atoms with Gasteiger partial charge in [0.15, 0.2) is 11.6 Å². The van der Waals surface area contributed by atoms with Crippen LogP contribution in [0.1, 0.15) is 27.5 Å². The van der Waals surface area contributed by atoms with Gasteiger partial charge in [0.25, 0.3) is 0 Å². The monoisotopic (exact) mass is 424 g/mol. The van der Waals surface area contributed by atoms with Crippen molar-refractivity contribution >= 4 is 17.5 Å². The molecular formula is C20H20N6O3S. The first-order valence-electron chi connectivity index (χ1n) is 9.19. The van der Waals surface area contributed by atoms with E-state index >= 15 is 0 Å². The fourth-order valence-electron chi connectivity index (χ4n) is 3.22. The van der Waals surface area contributed by atoms with E-state index in [1.54, 1.807) is 11.8 Å². The van der Waals surface area contributed by atoms with Crippen molar-refractivity contribution in [1.82, 2.24) is 29.9 Å². The molecule has 0 aliphatic rings. The Morgan fingerprint density at radius 3 is 2.60 bits per heavy atom. The van der Waals surface area contributed by atoms with Crippen LogP contribution in [0, 0.1) is 20.8 Å². The molecule has 30 heavy (non-hydrogen) atoms. The molecule has 9 nitrogen and oxygen atoms in total. The van der Waals surface area contributed by atoms with E-state index in [2.05, 4.69) is 20.7 Å². The Kier molecular flexibility index (Phi) is 5.40. The molecule has 3 heterocycles. The quantitative estimate of drug-likeness (QED) is 0.329. The summed E-state index contributed by atoms with van der Waals surface area (Å²) in [5.74, 6) is 2.32. The maximum Gasteiger partial charge on any atom is 0.214 e. The number of ether oxygens (including phenoxy) is 1. The zero-order valence-electron chi connectivity index (χ0n) is 17.0. The zero-order valence-corrected chi connectivity index (χ0v) is 17.8. The van der Waals surface area contributed by atoms with Gasteiger partial charge < -0.3 is 9.26 Å². The normalized spacial score (nSPS) is 11.1. The Morgan fingerprint density at radius 2 is 1.93 bits per heavy atom. The molecule has 0 spiro atoms. The molecular weight excluding hydrogens is 404 g/mol. The van der Waals surface area contributed by atoms with Crippen LogP contribution in [0.15, 0.2) is 46.1 Å². The number of hydrogen-bond donors (Lipinski definition) is 0. The molecule has 154 valence electrons. The van der Waals surface area contributed by atoms with E-state index in [9.17, 15) is 4.79 Å². The molecule has 0 aliphatic carbocycles. The second kappa shape index (κ2) is 8.15. The number of methoxy groups -OCH3 is 1. The van der Waals surface area contributed by atoms with Gasteiger partial charge in [0, 0.05) is 23.0 Å². The van der Waals surface area contributed by atoms with Crippen molar-refractivity contribution in [2.24, 2.45) is 0 Å². The molecule has 0 radical (unpaired) electrons. The lowest BCUT2D eigenvalue weighted by molar-refractivity contribution is 0.102. The molecule has 10 heteroatoms. The number of aryl methyl sites for hydroxylation is 2. The lowest BCUT2D eigenvalue weighted by Crippen LogP contribution is -2.07. The van der Waals surface area contributed by atoms with Gasteiger partial charge in [0.2, 0.25) is 5.16 Å². The van der Waals surface area contributed by atoms with Crippen molar-refractivity contribution in [1.29, 1.82) is 0 Å². The second-order valence-electron chi connectivity index (χ2n) is 6.70. The van der Waals surface area contributed by atoms with Crippen LogP contribution in [0.25, 0.3) is 11.5 Å². The Hall–Kier alpha value is -3.40. The molecule has 0 unspecified atom stereocenters. The summed E-state index contributed by atoms with van der Waals surface area (Å²) < 4.78 is 13.9. The number of Topliss-reactive ketones (excluding diaryl/α,β-unsaturated/α-hetero) is 1. The predicted octanol–water partition coefficient (Wildman–Crippen LogP) is 3.35. The minimum absolute atomic E-state index is 0.0103. The van der Waals surface area contributed by atoms with Gasteiger partial charge >= 0.3 is 0 Å². The Balaban J connectivity index is 1.52. The third kappa shape index (κ3) is 3.73. The summed E-state index contributed by atoms with van der Waals surface area (Å²) in [4.78, 5) is 12.9. The van der Waals surface area contributed by atoms with Gasteiger partial charge in [-0.25, -0.2) is 0 Å². The Morgan fingerprint density at radius 1 is 1.17 bits per heavy atom. The van der Waals surface area contributed by atoms with Gasteiger partial charge in [-0.15, -0.1) is 5.10 Å². The highest BCUT2D eigenvalue weighted by atomic mass is 32.2. The third-order valence-corrected chi connectivity index (χ3v) is 5.59. The number of ketones is 1. The summed E-state index contributed by atoms with van der Waals surface area (Å²) in [6, 6.07) is 11.1. The van der Waals surface area contributed by atoms with Crippen LogP contribution in [-0.2, 0) is 0 Å². The van der Waals surface area contributed by atoms with Crippen molar-refractivity contribution in [3.8, 4) is 17.3 Å². The van der Waals surface area contributed by atoms with Crippen molar-refractivity contribution in [3.05, 3.63) is 59.1 Å². The van der Waals surface area contributed by atoms with Gasteiger partial charge in [0.05, 0.1) is 18.6 Å². The highest BCUT2D eigenvalue weighted by molar-refractivity contribution is 7.99. The standard InChI is InChI=1S/C20H20N6O3S/c1-12-9-17(14(3)25(12)19-10-13(2)29-22-19)18(27)11-30-20-21-23-24-26(20)15-5-7-16(28-4)8-6-15/h5-10H,11H2,1-4H3. The second-order valence-corrected chi connectivity index (χ2v) is 7.64. The first-order valence-corrected chi connectivity index (χ1v) is 10.2. The van der Waals surface area contributed by atoms with Gasteiger partial charge in [-0.1, -0.05) is 16.9 Å². The number of carbonyl (C=O) groups excluding carboxylic acids is 1. The summed E-state index contributed by atoms with van der Waals surface area (Å²) in [6.07, 6.45) is 0. The van der Waals surface area contributed by atoms with Crippen molar-refractivity contribution in [2.45, 2.75) is 25.9 Å². The van der Waals surface area contributed by atoms with E-state index in [4.69, 9.17) is 9.26 Å². The molecule has 0 saturated carbocycles. The molecule has 1 aromatic carbocycles. The smallest absolute Gasteiger partial charge is 0.214 e. The number of rotatable bonds is 7. The van der Waals surface area contributed by atoms with Gasteiger partial charge in [-0.05, 0) is 61.5 Å². The van der Waals surface area contributed by atoms with Gasteiger partial charge in [0.1, 0.15) is 11.5 Å². The number of aromatic nitrogens is 6. The SMILES string of the molecule is COc1ccc(-n2nnnc2SCC(=O)c2cc(C)n(-c3cc(C)on3)c2C)cc1. The van der Waals surface area contributed by atoms with E-state index in [1.807, 2.05) is 61.7 Å². The van der Waals surface area contributed by atoms with Crippen LogP contribution in [0.2, 0.25) is 0 Å². The van der Waals surface area contributed by atoms with Crippen LogP contribution in [0.3, 0.4) is 0 Å². The fourth-order valence-corrected chi connectivity index (χ4v) is 3.99. The summed E-state index contributed by atoms with van der Waals surface area (Å²) in [5, 5.41) is 16.4. The highest BCUT2D eigenvalue weighted by Crippen LogP contribution is 2.25. The molecule has 4 rings (SSSR count). The number of hydrogen-bond acceptors (Lipinski definition) is 8. The topological polar surface area (TPSA) is 101 Å². The molecule has 0 amide bonds. The fraction of sp³-hybridized carbons (Fsp3) is 0.250. The number of benzene rings is 1. The first-order chi connectivity index (χ1) is 14.5. The molecule has 0 fully saturated rings. The number of tetrazole rings is 1. The maximum atomic E-state index is 12.9. The average Bonchev–Trinajstić information content (AvgIpc) is 3.45. The number of thioether (sulfide) groups is 1.